The number of carbonyl (C=O) groups excluding carboxylic acids is 1. The Morgan fingerprint density at radius 2 is 1.95 bits per heavy atom. The van der Waals surface area contributed by atoms with Gasteiger partial charge in [0.05, 0.1) is 0 Å². The first kappa shape index (κ1) is 13.1. The van der Waals surface area contributed by atoms with Gasteiger partial charge < -0.3 is 9.47 Å². The highest BCUT2D eigenvalue weighted by molar-refractivity contribution is 7.11. The lowest BCUT2D eigenvalue weighted by Gasteiger charge is -2.28. The van der Waals surface area contributed by atoms with E-state index in [9.17, 15) is 9.59 Å². The van der Waals surface area contributed by atoms with Crippen LogP contribution in [0.1, 0.15) is 26.5 Å². The molecule has 0 fully saturated rings. The van der Waals surface area contributed by atoms with Gasteiger partial charge in [-0.15, -0.1) is 0 Å². The zero-order valence-corrected chi connectivity index (χ0v) is 12.4. The Hall–Kier alpha value is -1.88. The lowest BCUT2D eigenvalue weighted by atomic mass is 10.00. The van der Waals surface area contributed by atoms with Crippen molar-refractivity contribution in [2.24, 2.45) is 7.05 Å². The molecule has 1 aromatic heterocycles. The molecule has 20 heavy (non-hydrogen) atoms. The summed E-state index contributed by atoms with van der Waals surface area (Å²) in [6, 6.07) is 8.21. The Morgan fingerprint density at radius 3 is 2.60 bits per heavy atom. The average molecular weight is 288 g/mol. The van der Waals surface area contributed by atoms with E-state index in [1.807, 2.05) is 24.0 Å². The summed E-state index contributed by atoms with van der Waals surface area (Å²) in [5, 5.41) is 0. The second kappa shape index (κ2) is 4.90. The van der Waals surface area contributed by atoms with E-state index in [1.165, 1.54) is 15.7 Å². The summed E-state index contributed by atoms with van der Waals surface area (Å²) in [6.07, 6.45) is 0.878. The Morgan fingerprint density at radius 1 is 1.25 bits per heavy atom. The number of rotatable bonds is 1. The molecule has 0 N–H and O–H groups in total. The molecule has 104 valence electrons. The third kappa shape index (κ3) is 2.08. The van der Waals surface area contributed by atoms with Crippen LogP contribution in [0.15, 0.2) is 29.1 Å². The molecule has 3 rings (SSSR count). The van der Waals surface area contributed by atoms with Gasteiger partial charge in [-0.1, -0.05) is 35.6 Å². The van der Waals surface area contributed by atoms with Crippen LogP contribution in [-0.4, -0.2) is 21.9 Å². The first-order chi connectivity index (χ1) is 9.58. The van der Waals surface area contributed by atoms with E-state index in [4.69, 9.17) is 0 Å². The van der Waals surface area contributed by atoms with Gasteiger partial charge in [-0.05, 0) is 24.5 Å². The van der Waals surface area contributed by atoms with Crippen molar-refractivity contribution in [3.8, 4) is 0 Å². The molecule has 0 spiro atoms. The maximum absolute atomic E-state index is 12.6. The summed E-state index contributed by atoms with van der Waals surface area (Å²) in [5.41, 5.74) is 3.27. The summed E-state index contributed by atoms with van der Waals surface area (Å²) in [4.78, 5) is 26.6. The van der Waals surface area contributed by atoms with Gasteiger partial charge in [0.15, 0.2) is 0 Å². The normalized spacial score (nSPS) is 14.2. The minimum Gasteiger partial charge on any atom is -0.333 e. The fraction of sp³-hybridized carbons (Fsp3) is 0.333. The van der Waals surface area contributed by atoms with E-state index < -0.39 is 0 Å². The molecule has 4 nitrogen and oxygen atoms in total. The van der Waals surface area contributed by atoms with Crippen LogP contribution in [-0.2, 0) is 20.0 Å². The number of hydrogen-bond donors (Lipinski definition) is 0. The maximum atomic E-state index is 12.6. The molecule has 0 aliphatic carbocycles. The Bertz CT molecular complexity index is 730. The summed E-state index contributed by atoms with van der Waals surface area (Å²) in [6.45, 7) is 3.17. The van der Waals surface area contributed by atoms with Crippen LogP contribution in [0.3, 0.4) is 0 Å². The molecule has 0 saturated carbocycles. The third-order valence-electron chi connectivity index (χ3n) is 3.91. The summed E-state index contributed by atoms with van der Waals surface area (Å²) >= 11 is 1.04. The lowest BCUT2D eigenvalue weighted by molar-refractivity contribution is 0.0738. The highest BCUT2D eigenvalue weighted by atomic mass is 32.1. The second-order valence-corrected chi connectivity index (χ2v) is 6.05. The minimum absolute atomic E-state index is 0.0281. The Balaban J connectivity index is 1.90. The van der Waals surface area contributed by atoms with Crippen molar-refractivity contribution in [3.05, 3.63) is 55.6 Å². The van der Waals surface area contributed by atoms with E-state index in [1.54, 1.807) is 7.05 Å². The molecule has 2 heterocycles. The van der Waals surface area contributed by atoms with Gasteiger partial charge in [-0.2, -0.15) is 0 Å². The number of hydrogen-bond acceptors (Lipinski definition) is 3. The van der Waals surface area contributed by atoms with Crippen LogP contribution in [0.25, 0.3) is 0 Å². The molecule has 0 saturated heterocycles. The smallest absolute Gasteiger partial charge is 0.307 e. The minimum atomic E-state index is -0.0803. The highest BCUT2D eigenvalue weighted by Crippen LogP contribution is 2.22. The van der Waals surface area contributed by atoms with Crippen molar-refractivity contribution in [1.82, 2.24) is 9.47 Å². The molecular formula is C15H16N2O2S. The quantitative estimate of drug-likeness (QED) is 0.805. The standard InChI is InChI=1S/C15H16N2O2S/c1-10-13(20-15(19)16(10)2)14(18)17-8-7-11-5-3-4-6-12(11)9-17/h3-6H,7-9H2,1-2H3. The molecule has 5 heteroatoms. The SMILES string of the molecule is Cc1c(C(=O)N2CCc3ccccc3C2)sc(=O)n1C. The van der Waals surface area contributed by atoms with E-state index >= 15 is 0 Å². The molecular weight excluding hydrogens is 272 g/mol. The predicted octanol–water partition coefficient (Wildman–Crippen LogP) is 1.95. The molecule has 2 aromatic rings. The first-order valence-corrected chi connectivity index (χ1v) is 7.42. The van der Waals surface area contributed by atoms with Crippen LogP contribution in [0, 0.1) is 6.92 Å². The fourth-order valence-corrected chi connectivity index (χ4v) is 3.48. The van der Waals surface area contributed by atoms with Gasteiger partial charge >= 0.3 is 4.87 Å². The first-order valence-electron chi connectivity index (χ1n) is 6.60. The molecule has 1 aliphatic rings. The van der Waals surface area contributed by atoms with Crippen LogP contribution < -0.4 is 4.87 Å². The van der Waals surface area contributed by atoms with Gasteiger partial charge in [0, 0.05) is 25.8 Å². The van der Waals surface area contributed by atoms with Gasteiger partial charge in [-0.25, -0.2) is 0 Å². The molecule has 0 atom stereocenters. The molecule has 0 unspecified atom stereocenters. The van der Waals surface area contributed by atoms with Crippen molar-refractivity contribution < 1.29 is 4.79 Å². The topological polar surface area (TPSA) is 42.3 Å². The summed E-state index contributed by atoms with van der Waals surface area (Å²) in [7, 11) is 1.70. The lowest BCUT2D eigenvalue weighted by Crippen LogP contribution is -2.35. The van der Waals surface area contributed by atoms with Crippen LogP contribution in [0.5, 0.6) is 0 Å². The fourth-order valence-electron chi connectivity index (χ4n) is 2.53. The van der Waals surface area contributed by atoms with Crippen molar-refractivity contribution in [1.29, 1.82) is 0 Å². The number of aromatic nitrogens is 1. The number of thiazole rings is 1. The summed E-state index contributed by atoms with van der Waals surface area (Å²) < 4.78 is 1.54. The average Bonchev–Trinajstić information content (AvgIpc) is 2.73. The molecule has 0 radical (unpaired) electrons. The van der Waals surface area contributed by atoms with E-state index in [0.29, 0.717) is 18.0 Å². The van der Waals surface area contributed by atoms with Crippen molar-refractivity contribution >= 4 is 17.2 Å². The van der Waals surface area contributed by atoms with Gasteiger partial charge in [-0.3, -0.25) is 9.59 Å². The van der Waals surface area contributed by atoms with Crippen LogP contribution in [0.4, 0.5) is 0 Å². The van der Waals surface area contributed by atoms with Gasteiger partial charge in [0.25, 0.3) is 5.91 Å². The number of fused-ring (bicyclic) bond motifs is 1. The maximum Gasteiger partial charge on any atom is 0.307 e. The molecule has 0 bridgehead atoms. The largest absolute Gasteiger partial charge is 0.333 e. The van der Waals surface area contributed by atoms with E-state index in [2.05, 4.69) is 12.1 Å². The van der Waals surface area contributed by atoms with E-state index in [-0.39, 0.29) is 10.8 Å². The second-order valence-electron chi connectivity index (χ2n) is 5.09. The molecule has 1 amide bonds. The monoisotopic (exact) mass is 288 g/mol. The number of amides is 1. The summed E-state index contributed by atoms with van der Waals surface area (Å²) in [5.74, 6) is -0.0281. The zero-order chi connectivity index (χ0) is 14.3. The van der Waals surface area contributed by atoms with Gasteiger partial charge in [0.1, 0.15) is 4.88 Å². The van der Waals surface area contributed by atoms with Crippen molar-refractivity contribution in [2.75, 3.05) is 6.54 Å². The van der Waals surface area contributed by atoms with Crippen molar-refractivity contribution in [3.63, 3.8) is 0 Å². The van der Waals surface area contributed by atoms with Crippen LogP contribution >= 0.6 is 11.3 Å². The highest BCUT2D eigenvalue weighted by Gasteiger charge is 2.25. The predicted molar refractivity (Wildman–Crippen MR) is 79.2 cm³/mol. The number of benzene rings is 1. The zero-order valence-electron chi connectivity index (χ0n) is 11.5. The van der Waals surface area contributed by atoms with E-state index in [0.717, 1.165) is 23.5 Å². The Labute approximate surface area is 121 Å². The van der Waals surface area contributed by atoms with Crippen molar-refractivity contribution in [2.45, 2.75) is 19.9 Å². The van der Waals surface area contributed by atoms with Gasteiger partial charge in [0.2, 0.25) is 0 Å². The molecule has 1 aromatic carbocycles. The van der Waals surface area contributed by atoms with Crippen LogP contribution in [0.2, 0.25) is 0 Å². The Kier molecular flexibility index (Phi) is 3.22. The molecule has 1 aliphatic heterocycles. The number of nitrogens with zero attached hydrogens (tertiary/aromatic N) is 2. The number of carbonyl (C=O) groups is 1. The third-order valence-corrected chi connectivity index (χ3v) is 5.03.